The van der Waals surface area contributed by atoms with Crippen molar-refractivity contribution in [2.45, 2.75) is 27.1 Å². The predicted molar refractivity (Wildman–Crippen MR) is 122 cm³/mol. The van der Waals surface area contributed by atoms with Crippen LogP contribution >= 0.6 is 34.8 Å². The number of aromatic nitrogens is 4. The molecule has 4 rings (SSSR count). The van der Waals surface area contributed by atoms with Crippen molar-refractivity contribution in [1.82, 2.24) is 19.6 Å². The van der Waals surface area contributed by atoms with Gasteiger partial charge in [-0.15, -0.1) is 0 Å². The molecule has 0 saturated carbocycles. The Morgan fingerprint density at radius 2 is 2.00 bits per heavy atom. The third kappa shape index (κ3) is 4.93. The number of nitrogens with zero attached hydrogens (tertiary/aromatic N) is 4. The molecule has 166 valence electrons. The van der Waals surface area contributed by atoms with Crippen LogP contribution in [0.2, 0.25) is 15.1 Å². The molecule has 0 aliphatic carbocycles. The highest BCUT2D eigenvalue weighted by Crippen LogP contribution is 2.28. The van der Waals surface area contributed by atoms with Crippen LogP contribution in [-0.2, 0) is 13.3 Å². The summed E-state index contributed by atoms with van der Waals surface area (Å²) in [4.78, 5) is 12.5. The standard InChI is InChI=1S/C21H18Cl3N5O3/c1-12-20(24)13(2)29(27-12)11-28-9-15(8-25-28)26-21(30)19-6-4-16(32-19)10-31-18-5-3-14(22)7-17(18)23/h3-9H,10-11H2,1-2H3,(H,26,30). The molecule has 8 nitrogen and oxygen atoms in total. The first-order chi connectivity index (χ1) is 15.3. The zero-order valence-corrected chi connectivity index (χ0v) is 19.4. The smallest absolute Gasteiger partial charge is 0.291 e. The average molecular weight is 495 g/mol. The number of nitrogens with one attached hydrogen (secondary N) is 1. The monoisotopic (exact) mass is 493 g/mol. The summed E-state index contributed by atoms with van der Waals surface area (Å²) in [5.41, 5.74) is 2.11. The third-order valence-electron chi connectivity index (χ3n) is 4.61. The quantitative estimate of drug-likeness (QED) is 0.362. The molecule has 0 bridgehead atoms. The Morgan fingerprint density at radius 3 is 2.72 bits per heavy atom. The third-order valence-corrected chi connectivity index (χ3v) is 5.69. The van der Waals surface area contributed by atoms with Gasteiger partial charge in [-0.3, -0.25) is 4.79 Å². The summed E-state index contributed by atoms with van der Waals surface area (Å²) in [6.07, 6.45) is 3.23. The molecule has 4 aromatic rings. The lowest BCUT2D eigenvalue weighted by molar-refractivity contribution is 0.0992. The van der Waals surface area contributed by atoms with E-state index < -0.39 is 5.91 Å². The Kier molecular flexibility index (Phi) is 6.45. The number of benzene rings is 1. The SMILES string of the molecule is Cc1nn(Cn2cc(NC(=O)c3ccc(COc4ccc(Cl)cc4Cl)o3)cn2)c(C)c1Cl. The van der Waals surface area contributed by atoms with Crippen LogP contribution in [0.1, 0.15) is 27.7 Å². The molecular formula is C21H18Cl3N5O3. The van der Waals surface area contributed by atoms with Gasteiger partial charge in [-0.25, -0.2) is 9.36 Å². The van der Waals surface area contributed by atoms with Crippen molar-refractivity contribution in [2.24, 2.45) is 0 Å². The lowest BCUT2D eigenvalue weighted by atomic mass is 10.3. The Bertz CT molecular complexity index is 1280. The van der Waals surface area contributed by atoms with Crippen molar-refractivity contribution < 1.29 is 13.9 Å². The normalized spacial score (nSPS) is 11.0. The highest BCUT2D eigenvalue weighted by Gasteiger charge is 2.14. The van der Waals surface area contributed by atoms with Gasteiger partial charge in [0.1, 0.15) is 24.8 Å². The molecule has 1 aromatic carbocycles. The van der Waals surface area contributed by atoms with Gasteiger partial charge < -0.3 is 14.5 Å². The number of rotatable bonds is 7. The summed E-state index contributed by atoms with van der Waals surface area (Å²) < 4.78 is 14.6. The maximum atomic E-state index is 12.5. The number of halogens is 3. The average Bonchev–Trinajstić information content (AvgIpc) is 3.45. The molecule has 0 unspecified atom stereocenters. The summed E-state index contributed by atoms with van der Waals surface area (Å²) >= 11 is 18.1. The van der Waals surface area contributed by atoms with Crippen molar-refractivity contribution in [3.05, 3.63) is 80.7 Å². The Morgan fingerprint density at radius 1 is 1.19 bits per heavy atom. The van der Waals surface area contributed by atoms with Crippen LogP contribution < -0.4 is 10.1 Å². The first-order valence-electron chi connectivity index (χ1n) is 9.50. The number of anilines is 1. The fraction of sp³-hybridized carbons (Fsp3) is 0.190. The second kappa shape index (κ2) is 9.28. The first-order valence-corrected chi connectivity index (χ1v) is 10.6. The van der Waals surface area contributed by atoms with Gasteiger partial charge in [0.15, 0.2) is 5.76 Å². The van der Waals surface area contributed by atoms with Gasteiger partial charge in [-0.05, 0) is 44.2 Å². The van der Waals surface area contributed by atoms with E-state index in [1.807, 2.05) is 13.8 Å². The molecule has 0 radical (unpaired) electrons. The second-order valence-electron chi connectivity index (χ2n) is 6.98. The first kappa shape index (κ1) is 22.3. The zero-order valence-electron chi connectivity index (χ0n) is 17.1. The summed E-state index contributed by atoms with van der Waals surface area (Å²) in [7, 11) is 0. The Balaban J connectivity index is 1.35. The minimum atomic E-state index is -0.408. The maximum absolute atomic E-state index is 12.5. The van der Waals surface area contributed by atoms with Crippen LogP contribution in [0.25, 0.3) is 0 Å². The number of furan rings is 1. The van der Waals surface area contributed by atoms with Crippen LogP contribution in [0.3, 0.4) is 0 Å². The van der Waals surface area contributed by atoms with E-state index in [0.29, 0.717) is 38.9 Å². The molecule has 1 N–H and O–H groups in total. The molecule has 0 aliphatic heterocycles. The summed E-state index contributed by atoms with van der Waals surface area (Å²) in [5, 5.41) is 12.9. The molecule has 3 aromatic heterocycles. The minimum Gasteiger partial charge on any atom is -0.484 e. The molecule has 0 fully saturated rings. The lowest BCUT2D eigenvalue weighted by Crippen LogP contribution is -2.12. The van der Waals surface area contributed by atoms with Crippen molar-refractivity contribution >= 4 is 46.4 Å². The van der Waals surface area contributed by atoms with Crippen LogP contribution in [-0.4, -0.2) is 25.5 Å². The Hall–Kier alpha value is -2.94. The van der Waals surface area contributed by atoms with Crippen molar-refractivity contribution in [2.75, 3.05) is 5.32 Å². The van der Waals surface area contributed by atoms with E-state index >= 15 is 0 Å². The van der Waals surface area contributed by atoms with Gasteiger partial charge in [0, 0.05) is 5.02 Å². The van der Waals surface area contributed by atoms with E-state index in [0.717, 1.165) is 11.4 Å². The zero-order chi connectivity index (χ0) is 22.8. The van der Waals surface area contributed by atoms with Crippen LogP contribution in [0.15, 0.2) is 47.1 Å². The molecule has 11 heteroatoms. The van der Waals surface area contributed by atoms with Gasteiger partial charge >= 0.3 is 0 Å². The van der Waals surface area contributed by atoms with E-state index in [9.17, 15) is 4.79 Å². The van der Waals surface area contributed by atoms with E-state index in [4.69, 9.17) is 44.0 Å². The molecule has 32 heavy (non-hydrogen) atoms. The topological polar surface area (TPSA) is 87.1 Å². The van der Waals surface area contributed by atoms with Gasteiger partial charge in [0.05, 0.1) is 39.5 Å². The summed E-state index contributed by atoms with van der Waals surface area (Å²) in [6.45, 7) is 4.20. The van der Waals surface area contributed by atoms with Crippen LogP contribution in [0, 0.1) is 13.8 Å². The van der Waals surface area contributed by atoms with E-state index in [-0.39, 0.29) is 12.4 Å². The number of carbonyl (C=O) groups is 1. The van der Waals surface area contributed by atoms with Gasteiger partial charge in [-0.2, -0.15) is 10.2 Å². The number of hydrogen-bond acceptors (Lipinski definition) is 5. The van der Waals surface area contributed by atoms with Gasteiger partial charge in [0.25, 0.3) is 5.91 Å². The van der Waals surface area contributed by atoms with Crippen LogP contribution in [0.5, 0.6) is 5.75 Å². The fourth-order valence-electron chi connectivity index (χ4n) is 2.97. The number of ether oxygens (including phenoxy) is 1. The molecule has 0 aliphatic rings. The molecule has 3 heterocycles. The van der Waals surface area contributed by atoms with Crippen molar-refractivity contribution in [1.29, 1.82) is 0 Å². The fourth-order valence-corrected chi connectivity index (χ4v) is 3.57. The molecule has 0 saturated heterocycles. The van der Waals surface area contributed by atoms with Crippen LogP contribution in [0.4, 0.5) is 5.69 Å². The lowest BCUT2D eigenvalue weighted by Gasteiger charge is -2.06. The summed E-state index contributed by atoms with van der Waals surface area (Å²) in [6, 6.07) is 8.16. The number of aryl methyl sites for hydroxylation is 1. The van der Waals surface area contributed by atoms with Gasteiger partial charge in [0.2, 0.25) is 0 Å². The number of amides is 1. The van der Waals surface area contributed by atoms with E-state index in [2.05, 4.69) is 15.5 Å². The largest absolute Gasteiger partial charge is 0.484 e. The Labute approximate surface area is 198 Å². The molecule has 0 atom stereocenters. The highest BCUT2D eigenvalue weighted by atomic mass is 35.5. The molecule has 1 amide bonds. The van der Waals surface area contributed by atoms with Gasteiger partial charge in [-0.1, -0.05) is 34.8 Å². The van der Waals surface area contributed by atoms with Crippen molar-refractivity contribution in [3.8, 4) is 5.75 Å². The molecular weight excluding hydrogens is 477 g/mol. The number of hydrogen-bond donors (Lipinski definition) is 1. The second-order valence-corrected chi connectivity index (χ2v) is 8.20. The summed E-state index contributed by atoms with van der Waals surface area (Å²) in [5.74, 6) is 0.673. The van der Waals surface area contributed by atoms with Crippen molar-refractivity contribution in [3.63, 3.8) is 0 Å². The highest BCUT2D eigenvalue weighted by molar-refractivity contribution is 6.35. The minimum absolute atomic E-state index is 0.109. The number of carbonyl (C=O) groups excluding carboxylic acids is 1. The van der Waals surface area contributed by atoms with E-state index in [1.165, 1.54) is 0 Å². The maximum Gasteiger partial charge on any atom is 0.291 e. The predicted octanol–water partition coefficient (Wildman–Crippen LogP) is 5.59. The molecule has 0 spiro atoms. The van der Waals surface area contributed by atoms with E-state index in [1.54, 1.807) is 52.1 Å².